The second kappa shape index (κ2) is 10.9. The number of aliphatic hydroxyl groups is 1. The maximum Gasteiger partial charge on any atom is 0.336 e. The number of carboxylic acid groups (broad SMARTS) is 2. The SMILES string of the molecule is O=C(O)c1ccc2c3ccc(C(=O)NC4CCCC4)c4c(C(=O)O)ccc(c5ccc(C(=O)CC(O)C6CCCC6)c1c52)c43. The van der Waals surface area contributed by atoms with Crippen molar-refractivity contribution >= 4 is 66.7 Å². The van der Waals surface area contributed by atoms with Crippen molar-refractivity contribution < 1.29 is 34.5 Å². The Balaban J connectivity index is 1.49. The van der Waals surface area contributed by atoms with E-state index in [9.17, 15) is 34.5 Å². The molecule has 8 nitrogen and oxygen atoms in total. The summed E-state index contributed by atoms with van der Waals surface area (Å²) in [5, 5.41) is 38.8. The third kappa shape index (κ3) is 4.47. The minimum absolute atomic E-state index is 0.0109. The lowest BCUT2D eigenvalue weighted by atomic mass is 9.83. The van der Waals surface area contributed by atoms with E-state index in [1.807, 2.05) is 0 Å². The highest BCUT2D eigenvalue weighted by atomic mass is 16.4. The number of Topliss-reactive ketones (excluding diaryl/α,β-unsaturated/α-hetero) is 1. The van der Waals surface area contributed by atoms with Gasteiger partial charge in [-0.1, -0.05) is 56.0 Å². The van der Waals surface area contributed by atoms with Crippen LogP contribution in [0.1, 0.15) is 99.2 Å². The number of hydrogen-bond donors (Lipinski definition) is 4. The normalized spacial score (nSPS) is 16.8. The van der Waals surface area contributed by atoms with Gasteiger partial charge < -0.3 is 20.6 Å². The van der Waals surface area contributed by atoms with Crippen LogP contribution < -0.4 is 5.32 Å². The van der Waals surface area contributed by atoms with Crippen LogP contribution in [0.25, 0.3) is 43.1 Å². The molecule has 0 saturated heterocycles. The first-order valence-corrected chi connectivity index (χ1v) is 15.4. The van der Waals surface area contributed by atoms with Gasteiger partial charge in [-0.2, -0.15) is 0 Å². The summed E-state index contributed by atoms with van der Waals surface area (Å²) in [5.41, 5.74) is 0.523. The molecular weight excluding hydrogens is 558 g/mol. The molecule has 2 aliphatic carbocycles. The molecule has 5 aromatic rings. The van der Waals surface area contributed by atoms with E-state index in [2.05, 4.69) is 5.32 Å². The minimum atomic E-state index is -1.17. The van der Waals surface area contributed by atoms with Gasteiger partial charge in [-0.3, -0.25) is 9.59 Å². The van der Waals surface area contributed by atoms with Crippen molar-refractivity contribution in [2.45, 2.75) is 69.9 Å². The fourth-order valence-electron chi connectivity index (χ4n) is 7.81. The number of carbonyl (C=O) groups is 4. The van der Waals surface area contributed by atoms with Gasteiger partial charge in [0.25, 0.3) is 5.91 Å². The topological polar surface area (TPSA) is 141 Å². The Morgan fingerprint density at radius 2 is 1.05 bits per heavy atom. The van der Waals surface area contributed by atoms with Gasteiger partial charge in [-0.15, -0.1) is 0 Å². The van der Waals surface area contributed by atoms with E-state index in [-0.39, 0.29) is 52.3 Å². The Labute approximate surface area is 253 Å². The maximum atomic E-state index is 13.7. The van der Waals surface area contributed by atoms with Gasteiger partial charge in [0.05, 0.1) is 17.2 Å². The molecule has 2 aliphatic rings. The monoisotopic (exact) mass is 591 g/mol. The van der Waals surface area contributed by atoms with Crippen LogP contribution in [0.4, 0.5) is 0 Å². The number of hydrogen-bond acceptors (Lipinski definition) is 5. The summed E-state index contributed by atoms with van der Waals surface area (Å²) in [6.07, 6.45) is 6.78. The van der Waals surface area contributed by atoms with Gasteiger partial charge in [0.1, 0.15) is 0 Å². The largest absolute Gasteiger partial charge is 0.478 e. The summed E-state index contributed by atoms with van der Waals surface area (Å²) in [6, 6.07) is 13.2. The number of fused-ring (bicyclic) bond motifs is 2. The molecule has 1 unspecified atom stereocenters. The van der Waals surface area contributed by atoms with Crippen LogP contribution in [0, 0.1) is 5.92 Å². The van der Waals surface area contributed by atoms with E-state index >= 15 is 0 Å². The van der Waals surface area contributed by atoms with Crippen molar-refractivity contribution in [3.63, 3.8) is 0 Å². The van der Waals surface area contributed by atoms with Gasteiger partial charge in [0.2, 0.25) is 0 Å². The molecule has 8 heteroatoms. The van der Waals surface area contributed by atoms with Crippen LogP contribution in [0.2, 0.25) is 0 Å². The Morgan fingerprint density at radius 1 is 0.614 bits per heavy atom. The molecule has 4 N–H and O–H groups in total. The summed E-state index contributed by atoms with van der Waals surface area (Å²) >= 11 is 0. The van der Waals surface area contributed by atoms with E-state index in [0.717, 1.165) is 51.4 Å². The zero-order valence-electron chi connectivity index (χ0n) is 24.2. The smallest absolute Gasteiger partial charge is 0.336 e. The Kier molecular flexibility index (Phi) is 6.97. The van der Waals surface area contributed by atoms with E-state index in [1.54, 1.807) is 36.4 Å². The summed E-state index contributed by atoms with van der Waals surface area (Å²) in [6.45, 7) is 0. The Morgan fingerprint density at radius 3 is 1.55 bits per heavy atom. The molecule has 0 aromatic heterocycles. The molecule has 0 heterocycles. The molecule has 1 amide bonds. The minimum Gasteiger partial charge on any atom is -0.478 e. The number of aromatic carboxylic acids is 2. The van der Waals surface area contributed by atoms with Crippen molar-refractivity contribution in [1.29, 1.82) is 0 Å². The van der Waals surface area contributed by atoms with Crippen LogP contribution in [-0.2, 0) is 0 Å². The molecule has 7 rings (SSSR count). The molecule has 0 radical (unpaired) electrons. The lowest BCUT2D eigenvalue weighted by Crippen LogP contribution is -2.32. The van der Waals surface area contributed by atoms with Crippen LogP contribution in [0.15, 0.2) is 48.5 Å². The van der Waals surface area contributed by atoms with E-state index in [4.69, 9.17) is 0 Å². The highest BCUT2D eigenvalue weighted by molar-refractivity contribution is 6.38. The number of rotatable bonds is 8. The number of carboxylic acids is 2. The lowest BCUT2D eigenvalue weighted by molar-refractivity contribution is 0.0687. The predicted molar refractivity (Wildman–Crippen MR) is 168 cm³/mol. The molecule has 1 atom stereocenters. The summed E-state index contributed by atoms with van der Waals surface area (Å²) in [5.74, 6) is -2.89. The number of ketones is 1. The average molecular weight is 592 g/mol. The highest BCUT2D eigenvalue weighted by Crippen LogP contribution is 2.44. The van der Waals surface area contributed by atoms with Gasteiger partial charge in [0.15, 0.2) is 5.78 Å². The molecule has 5 aromatic carbocycles. The van der Waals surface area contributed by atoms with Crippen LogP contribution >= 0.6 is 0 Å². The summed E-state index contributed by atoms with van der Waals surface area (Å²) in [7, 11) is 0. The number of amides is 1. The van der Waals surface area contributed by atoms with Gasteiger partial charge in [-0.05, 0) is 82.1 Å². The zero-order chi connectivity index (χ0) is 30.7. The fraction of sp³-hybridized carbons (Fsp3) is 0.333. The van der Waals surface area contributed by atoms with Crippen molar-refractivity contribution in [1.82, 2.24) is 5.32 Å². The molecule has 0 aliphatic heterocycles. The lowest BCUT2D eigenvalue weighted by Gasteiger charge is -2.21. The molecular formula is C36H33NO7. The van der Waals surface area contributed by atoms with Crippen LogP contribution in [-0.4, -0.2) is 51.1 Å². The number of aliphatic hydroxyl groups excluding tert-OH is 1. The molecule has 44 heavy (non-hydrogen) atoms. The van der Waals surface area contributed by atoms with Crippen molar-refractivity contribution in [3.05, 3.63) is 70.8 Å². The first kappa shape index (κ1) is 28.2. The zero-order valence-corrected chi connectivity index (χ0v) is 24.2. The second-order valence-electron chi connectivity index (χ2n) is 12.4. The number of nitrogens with one attached hydrogen (secondary N) is 1. The third-order valence-corrected chi connectivity index (χ3v) is 9.94. The average Bonchev–Trinajstić information content (AvgIpc) is 3.74. The van der Waals surface area contributed by atoms with Crippen molar-refractivity contribution in [3.8, 4) is 0 Å². The van der Waals surface area contributed by atoms with Gasteiger partial charge in [0, 0.05) is 34.4 Å². The van der Waals surface area contributed by atoms with Gasteiger partial charge in [-0.25, -0.2) is 9.59 Å². The quantitative estimate of drug-likeness (QED) is 0.0871. The highest BCUT2D eigenvalue weighted by Gasteiger charge is 2.29. The summed E-state index contributed by atoms with van der Waals surface area (Å²) < 4.78 is 0. The van der Waals surface area contributed by atoms with E-state index in [1.165, 1.54) is 12.1 Å². The molecule has 2 saturated carbocycles. The predicted octanol–water partition coefficient (Wildman–Crippen LogP) is 6.93. The van der Waals surface area contributed by atoms with E-state index in [0.29, 0.717) is 43.1 Å². The first-order valence-electron chi connectivity index (χ1n) is 15.4. The first-order chi connectivity index (χ1) is 21.2. The fourth-order valence-corrected chi connectivity index (χ4v) is 7.81. The molecule has 2 fully saturated rings. The second-order valence-corrected chi connectivity index (χ2v) is 12.4. The number of carbonyl (C=O) groups excluding carboxylic acids is 2. The van der Waals surface area contributed by atoms with Crippen LogP contribution in [0.5, 0.6) is 0 Å². The molecule has 0 spiro atoms. The van der Waals surface area contributed by atoms with Crippen LogP contribution in [0.3, 0.4) is 0 Å². The number of benzene rings is 5. The molecule has 0 bridgehead atoms. The third-order valence-electron chi connectivity index (χ3n) is 9.94. The Bertz CT molecular complexity index is 1980. The van der Waals surface area contributed by atoms with Crippen molar-refractivity contribution in [2.24, 2.45) is 5.92 Å². The summed E-state index contributed by atoms with van der Waals surface area (Å²) in [4.78, 5) is 52.2. The maximum absolute atomic E-state index is 13.7. The van der Waals surface area contributed by atoms with Gasteiger partial charge >= 0.3 is 11.9 Å². The molecule has 224 valence electrons. The van der Waals surface area contributed by atoms with E-state index < -0.39 is 18.0 Å². The van der Waals surface area contributed by atoms with Crippen molar-refractivity contribution in [2.75, 3.05) is 0 Å². The standard InChI is InChI=1S/C36H33NO7/c38-28(18-5-1-2-6-18)17-29(39)24-13-9-20-23-12-16-27(36(43)44)33-25(34(40)37-19-7-3-4-8-19)14-10-21(31(23)33)22-11-15-26(35(41)42)32(24)30(20)22/h9-16,18-19,28,38H,1-8,17H2,(H,37,40)(H,41,42)(H,43,44). The Hall–Kier alpha value is -4.56.